The molecule has 2 aliphatic carbocycles. The maximum atomic E-state index is 14.0. The van der Waals surface area contributed by atoms with Crippen LogP contribution in [0, 0.1) is 5.92 Å². The third-order valence-electron chi connectivity index (χ3n) is 7.94. The molecule has 170 valence electrons. The van der Waals surface area contributed by atoms with Crippen LogP contribution in [-0.2, 0) is 5.54 Å². The quantitative estimate of drug-likeness (QED) is 0.478. The van der Waals surface area contributed by atoms with Crippen LogP contribution in [-0.4, -0.2) is 31.7 Å². The summed E-state index contributed by atoms with van der Waals surface area (Å²) < 4.78 is 2.13. The molecule has 1 aromatic carbocycles. The van der Waals surface area contributed by atoms with E-state index in [1.165, 1.54) is 25.7 Å². The zero-order valence-electron chi connectivity index (χ0n) is 18.7. The number of halogens is 1. The highest BCUT2D eigenvalue weighted by Crippen LogP contribution is 2.53. The molecule has 3 aromatic rings. The fourth-order valence-corrected chi connectivity index (χ4v) is 6.70. The van der Waals surface area contributed by atoms with Gasteiger partial charge in [0, 0.05) is 29.9 Å². The van der Waals surface area contributed by atoms with Gasteiger partial charge in [-0.25, -0.2) is 4.68 Å². The van der Waals surface area contributed by atoms with Gasteiger partial charge in [0.2, 0.25) is 5.95 Å². The van der Waals surface area contributed by atoms with Crippen molar-refractivity contribution in [2.24, 2.45) is 5.92 Å². The summed E-state index contributed by atoms with van der Waals surface area (Å²) in [5, 5.41) is 5.55. The fraction of sp³-hybridized carbons (Fsp3) is 0.462. The second kappa shape index (κ2) is 8.24. The molecule has 1 spiro atoms. The molecule has 2 atom stereocenters. The van der Waals surface area contributed by atoms with Crippen LogP contribution in [0.15, 0.2) is 48.8 Å². The van der Waals surface area contributed by atoms with Gasteiger partial charge in [-0.2, -0.15) is 4.98 Å². The molecule has 2 saturated carbocycles. The van der Waals surface area contributed by atoms with E-state index in [-0.39, 0.29) is 17.5 Å². The van der Waals surface area contributed by atoms with Crippen LogP contribution in [0.3, 0.4) is 0 Å². The summed E-state index contributed by atoms with van der Waals surface area (Å²) in [6.07, 6.45) is 13.9. The Morgan fingerprint density at radius 2 is 1.82 bits per heavy atom. The van der Waals surface area contributed by atoms with Crippen LogP contribution in [0.1, 0.15) is 68.1 Å². The van der Waals surface area contributed by atoms with Crippen LogP contribution < -0.4 is 4.90 Å². The first-order valence-electron chi connectivity index (χ1n) is 12.1. The van der Waals surface area contributed by atoms with E-state index in [0.29, 0.717) is 28.3 Å². The summed E-state index contributed by atoms with van der Waals surface area (Å²) in [5.41, 5.74) is 1.34. The number of fused-ring (bicyclic) bond motifs is 4. The number of rotatable bonds is 2. The van der Waals surface area contributed by atoms with Crippen molar-refractivity contribution in [3.63, 3.8) is 0 Å². The maximum absolute atomic E-state index is 14.0. The lowest BCUT2D eigenvalue weighted by atomic mass is 9.64. The van der Waals surface area contributed by atoms with Gasteiger partial charge in [0.05, 0.1) is 16.1 Å². The van der Waals surface area contributed by atoms with E-state index in [2.05, 4.69) is 9.67 Å². The molecule has 6 nitrogen and oxygen atoms in total. The normalized spacial score (nSPS) is 23.7. The lowest BCUT2D eigenvalue weighted by Gasteiger charge is -2.55. The van der Waals surface area contributed by atoms with Crippen LogP contribution in [0.25, 0.3) is 11.4 Å². The molecular weight excluding hydrogens is 434 g/mol. The molecular formula is C26H28ClN5O. The zero-order chi connectivity index (χ0) is 22.4. The fourth-order valence-electron chi connectivity index (χ4n) is 6.48. The van der Waals surface area contributed by atoms with Crippen molar-refractivity contribution in [3.05, 3.63) is 59.4 Å². The van der Waals surface area contributed by atoms with Crippen molar-refractivity contribution < 1.29 is 4.79 Å². The molecule has 2 fully saturated rings. The second-order valence-corrected chi connectivity index (χ2v) is 10.1. The van der Waals surface area contributed by atoms with Gasteiger partial charge < -0.3 is 0 Å². The average molecular weight is 462 g/mol. The third kappa shape index (κ3) is 3.30. The summed E-state index contributed by atoms with van der Waals surface area (Å²) in [6.45, 7) is 0. The number of carbonyl (C=O) groups is 1. The van der Waals surface area contributed by atoms with Gasteiger partial charge >= 0.3 is 0 Å². The van der Waals surface area contributed by atoms with E-state index in [9.17, 15) is 4.79 Å². The molecule has 0 bridgehead atoms. The largest absolute Gasteiger partial charge is 0.273 e. The lowest BCUT2D eigenvalue weighted by Crippen LogP contribution is -2.61. The summed E-state index contributed by atoms with van der Waals surface area (Å²) >= 11 is 6.49. The summed E-state index contributed by atoms with van der Waals surface area (Å²) in [5.74, 6) is 1.62. The molecule has 1 aliphatic heterocycles. The number of carbonyl (C=O) groups excluding carboxylic acids is 1. The van der Waals surface area contributed by atoms with Gasteiger partial charge in [0.25, 0.3) is 5.91 Å². The first kappa shape index (κ1) is 20.8. The lowest BCUT2D eigenvalue weighted by molar-refractivity contribution is 0.0314. The molecule has 3 heterocycles. The summed E-state index contributed by atoms with van der Waals surface area (Å²) in [4.78, 5) is 25.2. The van der Waals surface area contributed by atoms with Gasteiger partial charge in [-0.15, -0.1) is 5.10 Å². The Bertz CT molecular complexity index is 1170. The van der Waals surface area contributed by atoms with Crippen LogP contribution in [0.4, 0.5) is 5.95 Å². The zero-order valence-corrected chi connectivity index (χ0v) is 19.4. The number of anilines is 1. The summed E-state index contributed by atoms with van der Waals surface area (Å²) in [6, 6.07) is 11.3. The third-order valence-corrected chi connectivity index (χ3v) is 8.27. The minimum atomic E-state index is -0.0745. The Labute approximate surface area is 199 Å². The van der Waals surface area contributed by atoms with E-state index >= 15 is 0 Å². The van der Waals surface area contributed by atoms with Gasteiger partial charge in [-0.05, 0) is 49.9 Å². The highest BCUT2D eigenvalue weighted by molar-refractivity contribution is 6.34. The van der Waals surface area contributed by atoms with E-state index in [0.717, 1.165) is 37.7 Å². The number of hydrogen-bond donors (Lipinski definition) is 0. The maximum Gasteiger partial charge on any atom is 0.262 e. The second-order valence-electron chi connectivity index (χ2n) is 9.67. The molecule has 0 saturated heterocycles. The van der Waals surface area contributed by atoms with E-state index in [4.69, 9.17) is 21.7 Å². The Hall–Kier alpha value is -2.73. The van der Waals surface area contributed by atoms with Crippen LogP contribution in [0.5, 0.6) is 0 Å². The van der Waals surface area contributed by atoms with Crippen molar-refractivity contribution >= 4 is 23.5 Å². The number of benzene rings is 1. The average Bonchev–Trinajstić information content (AvgIpc) is 3.32. The van der Waals surface area contributed by atoms with Gasteiger partial charge in [-0.3, -0.25) is 14.7 Å². The van der Waals surface area contributed by atoms with E-state index < -0.39 is 0 Å². The number of aromatic nitrogens is 4. The Morgan fingerprint density at radius 3 is 2.61 bits per heavy atom. The molecule has 2 unspecified atom stereocenters. The van der Waals surface area contributed by atoms with Crippen LogP contribution >= 0.6 is 11.6 Å². The van der Waals surface area contributed by atoms with Crippen LogP contribution in [0.2, 0.25) is 5.02 Å². The first-order chi connectivity index (χ1) is 16.2. The number of nitrogens with zero attached hydrogens (tertiary/aromatic N) is 5. The smallest absolute Gasteiger partial charge is 0.262 e. The van der Waals surface area contributed by atoms with E-state index in [1.807, 2.05) is 35.2 Å². The molecule has 1 amide bonds. The van der Waals surface area contributed by atoms with Crippen molar-refractivity contribution in [2.75, 3.05) is 4.90 Å². The van der Waals surface area contributed by atoms with Crippen molar-refractivity contribution in [1.29, 1.82) is 0 Å². The minimum Gasteiger partial charge on any atom is -0.273 e. The number of amides is 1. The molecule has 33 heavy (non-hydrogen) atoms. The van der Waals surface area contributed by atoms with Crippen molar-refractivity contribution in [2.45, 2.75) is 69.4 Å². The highest BCUT2D eigenvalue weighted by atomic mass is 35.5. The molecule has 3 aliphatic rings. The SMILES string of the molecule is O=C(c1ccccc1Cl)N1c2nc(-c3cccnc3)nn2C2(CCCCC2)C2CCCCC21. The minimum absolute atomic E-state index is 0.0661. The molecule has 6 rings (SSSR count). The summed E-state index contributed by atoms with van der Waals surface area (Å²) in [7, 11) is 0. The number of pyridine rings is 1. The highest BCUT2D eigenvalue weighted by Gasteiger charge is 2.55. The molecule has 2 aromatic heterocycles. The van der Waals surface area contributed by atoms with Gasteiger partial charge in [0.1, 0.15) is 0 Å². The van der Waals surface area contributed by atoms with Gasteiger partial charge in [0.15, 0.2) is 5.82 Å². The Morgan fingerprint density at radius 1 is 1.00 bits per heavy atom. The van der Waals surface area contributed by atoms with E-state index in [1.54, 1.807) is 18.5 Å². The molecule has 0 radical (unpaired) electrons. The first-order valence-corrected chi connectivity index (χ1v) is 12.5. The predicted octanol–water partition coefficient (Wildman–Crippen LogP) is 5.87. The molecule has 0 N–H and O–H groups in total. The van der Waals surface area contributed by atoms with Crippen molar-refractivity contribution in [3.8, 4) is 11.4 Å². The Kier molecular flexibility index (Phi) is 5.21. The topological polar surface area (TPSA) is 63.9 Å². The Balaban J connectivity index is 1.56. The monoisotopic (exact) mass is 461 g/mol. The number of hydrogen-bond acceptors (Lipinski definition) is 4. The molecule has 7 heteroatoms. The van der Waals surface area contributed by atoms with Gasteiger partial charge in [-0.1, -0.05) is 55.8 Å². The standard InChI is InChI=1S/C26H28ClN5O/c27-21-12-4-2-10-19(21)24(33)31-22-13-5-3-11-20(22)26(14-6-1-7-15-26)32-25(31)29-23(30-32)18-9-8-16-28-17-18/h2,4,8-10,12,16-17,20,22H,1,3,5-7,11,13-15H2. The van der Waals surface area contributed by atoms with Crippen molar-refractivity contribution in [1.82, 2.24) is 19.7 Å². The predicted molar refractivity (Wildman–Crippen MR) is 128 cm³/mol.